The molecule has 1 rings (SSSR count). The summed E-state index contributed by atoms with van der Waals surface area (Å²) in [4.78, 5) is 11.7. The van der Waals surface area contributed by atoms with Crippen LogP contribution in [0.15, 0.2) is 24.3 Å². The fourth-order valence-electron chi connectivity index (χ4n) is 1.71. The predicted molar refractivity (Wildman–Crippen MR) is 72.2 cm³/mol. The Bertz CT molecular complexity index is 363. The molecule has 0 fully saturated rings. The van der Waals surface area contributed by atoms with Crippen LogP contribution in [0.3, 0.4) is 0 Å². The maximum Gasteiger partial charge on any atom is 0.238 e. The normalized spacial score (nSPS) is 12.2. The Morgan fingerprint density at radius 1 is 1.35 bits per heavy atom. The van der Waals surface area contributed by atoms with Gasteiger partial charge in [-0.25, -0.2) is 0 Å². The van der Waals surface area contributed by atoms with Crippen LogP contribution in [0.2, 0.25) is 0 Å². The monoisotopic (exact) mass is 234 g/mol. The van der Waals surface area contributed by atoms with Gasteiger partial charge >= 0.3 is 0 Å². The van der Waals surface area contributed by atoms with Gasteiger partial charge in [0, 0.05) is 11.7 Å². The van der Waals surface area contributed by atoms with Crippen LogP contribution in [0.4, 0.5) is 5.69 Å². The number of rotatable bonds is 6. The minimum absolute atomic E-state index is 0.0160. The molecule has 1 aromatic carbocycles. The fourth-order valence-corrected chi connectivity index (χ4v) is 1.71. The number of amides is 1. The lowest BCUT2D eigenvalue weighted by atomic mass is 10.2. The first kappa shape index (κ1) is 13.7. The molecule has 0 aliphatic heterocycles. The summed E-state index contributed by atoms with van der Waals surface area (Å²) >= 11 is 0. The highest BCUT2D eigenvalue weighted by Crippen LogP contribution is 2.12. The molecular formula is C14H22N2O. The molecule has 1 aromatic rings. The van der Waals surface area contributed by atoms with Gasteiger partial charge in [-0.15, -0.1) is 0 Å². The van der Waals surface area contributed by atoms with Gasteiger partial charge in [-0.1, -0.05) is 31.5 Å². The van der Waals surface area contributed by atoms with Crippen LogP contribution >= 0.6 is 0 Å². The van der Waals surface area contributed by atoms with Crippen molar-refractivity contribution in [2.24, 2.45) is 0 Å². The van der Waals surface area contributed by atoms with E-state index in [2.05, 4.69) is 24.5 Å². The van der Waals surface area contributed by atoms with E-state index < -0.39 is 0 Å². The van der Waals surface area contributed by atoms with Crippen molar-refractivity contribution >= 4 is 11.6 Å². The summed E-state index contributed by atoms with van der Waals surface area (Å²) < 4.78 is 0. The van der Waals surface area contributed by atoms with E-state index in [9.17, 15) is 4.79 Å². The smallest absolute Gasteiger partial charge is 0.238 e. The Hall–Kier alpha value is -1.35. The van der Waals surface area contributed by atoms with Crippen LogP contribution in [0.1, 0.15) is 32.3 Å². The second-order valence-corrected chi connectivity index (χ2v) is 4.43. The Labute approximate surface area is 104 Å². The van der Waals surface area contributed by atoms with Gasteiger partial charge in [0.05, 0.1) is 6.54 Å². The third kappa shape index (κ3) is 5.00. The largest absolute Gasteiger partial charge is 0.325 e. The molecule has 0 aliphatic carbocycles. The highest BCUT2D eigenvalue weighted by molar-refractivity contribution is 5.92. The summed E-state index contributed by atoms with van der Waals surface area (Å²) in [5.74, 6) is 0.0160. The Morgan fingerprint density at radius 3 is 2.71 bits per heavy atom. The SMILES string of the molecule is CCCC(C)NCC(=O)Nc1ccccc1C. The predicted octanol–water partition coefficient (Wildman–Crippen LogP) is 2.71. The lowest BCUT2D eigenvalue weighted by Gasteiger charge is -2.13. The Kier molecular flexibility index (Phi) is 5.70. The maximum atomic E-state index is 11.7. The van der Waals surface area contributed by atoms with Crippen LogP contribution in [0.5, 0.6) is 0 Å². The van der Waals surface area contributed by atoms with Crippen LogP contribution < -0.4 is 10.6 Å². The summed E-state index contributed by atoms with van der Waals surface area (Å²) in [6.07, 6.45) is 2.23. The van der Waals surface area contributed by atoms with Gasteiger partial charge < -0.3 is 10.6 Å². The molecular weight excluding hydrogens is 212 g/mol. The molecule has 94 valence electrons. The van der Waals surface area contributed by atoms with Crippen LogP contribution in [0.25, 0.3) is 0 Å². The lowest BCUT2D eigenvalue weighted by Crippen LogP contribution is -2.34. The van der Waals surface area contributed by atoms with Gasteiger partial charge in [-0.05, 0) is 31.9 Å². The third-order valence-corrected chi connectivity index (χ3v) is 2.75. The number of hydrogen-bond donors (Lipinski definition) is 2. The molecule has 3 heteroatoms. The van der Waals surface area contributed by atoms with Crippen molar-refractivity contribution in [1.82, 2.24) is 5.32 Å². The molecule has 1 atom stereocenters. The minimum Gasteiger partial charge on any atom is -0.325 e. The molecule has 0 bridgehead atoms. The van der Waals surface area contributed by atoms with Crippen molar-refractivity contribution in [2.45, 2.75) is 39.7 Å². The molecule has 0 saturated heterocycles. The number of carbonyl (C=O) groups excluding carboxylic acids is 1. The van der Waals surface area contributed by atoms with Crippen molar-refractivity contribution in [3.63, 3.8) is 0 Å². The lowest BCUT2D eigenvalue weighted by molar-refractivity contribution is -0.115. The molecule has 0 saturated carbocycles. The highest BCUT2D eigenvalue weighted by Gasteiger charge is 2.06. The van der Waals surface area contributed by atoms with Crippen molar-refractivity contribution in [2.75, 3.05) is 11.9 Å². The molecule has 0 spiro atoms. The number of para-hydroxylation sites is 1. The van der Waals surface area contributed by atoms with Gasteiger partial charge in [-0.2, -0.15) is 0 Å². The van der Waals surface area contributed by atoms with Gasteiger partial charge in [0.15, 0.2) is 0 Å². The standard InChI is InChI=1S/C14H22N2O/c1-4-7-12(3)15-10-14(17)16-13-9-6-5-8-11(13)2/h5-6,8-9,12,15H,4,7,10H2,1-3H3,(H,16,17). The molecule has 0 radical (unpaired) electrons. The second-order valence-electron chi connectivity index (χ2n) is 4.43. The van der Waals surface area contributed by atoms with Crippen molar-refractivity contribution in [1.29, 1.82) is 0 Å². The fraction of sp³-hybridized carbons (Fsp3) is 0.500. The minimum atomic E-state index is 0.0160. The van der Waals surface area contributed by atoms with Crippen LogP contribution in [-0.4, -0.2) is 18.5 Å². The van der Waals surface area contributed by atoms with E-state index in [0.717, 1.165) is 24.1 Å². The third-order valence-electron chi connectivity index (χ3n) is 2.75. The summed E-state index contributed by atoms with van der Waals surface area (Å²) in [5, 5.41) is 6.12. The van der Waals surface area contributed by atoms with Gasteiger partial charge in [0.25, 0.3) is 0 Å². The molecule has 1 unspecified atom stereocenters. The number of benzene rings is 1. The van der Waals surface area contributed by atoms with Gasteiger partial charge in [-0.3, -0.25) is 4.79 Å². The molecule has 0 heterocycles. The number of aryl methyl sites for hydroxylation is 1. The first-order chi connectivity index (χ1) is 8.13. The van der Waals surface area contributed by atoms with E-state index in [0.29, 0.717) is 12.6 Å². The Morgan fingerprint density at radius 2 is 2.06 bits per heavy atom. The molecule has 0 aromatic heterocycles. The van der Waals surface area contributed by atoms with Crippen molar-refractivity contribution in [3.05, 3.63) is 29.8 Å². The second kappa shape index (κ2) is 7.07. The zero-order chi connectivity index (χ0) is 12.7. The van der Waals surface area contributed by atoms with Crippen LogP contribution in [0, 0.1) is 6.92 Å². The number of hydrogen-bond acceptors (Lipinski definition) is 2. The summed E-state index contributed by atoms with van der Waals surface area (Å²) in [5.41, 5.74) is 1.98. The van der Waals surface area contributed by atoms with E-state index in [1.54, 1.807) is 0 Å². The van der Waals surface area contributed by atoms with Crippen molar-refractivity contribution < 1.29 is 4.79 Å². The molecule has 1 amide bonds. The zero-order valence-electron chi connectivity index (χ0n) is 10.9. The van der Waals surface area contributed by atoms with E-state index >= 15 is 0 Å². The number of anilines is 1. The number of nitrogens with one attached hydrogen (secondary N) is 2. The first-order valence-electron chi connectivity index (χ1n) is 6.22. The van der Waals surface area contributed by atoms with Crippen molar-refractivity contribution in [3.8, 4) is 0 Å². The van der Waals surface area contributed by atoms with Crippen LogP contribution in [-0.2, 0) is 4.79 Å². The van der Waals surface area contributed by atoms with Gasteiger partial charge in [0.2, 0.25) is 5.91 Å². The van der Waals surface area contributed by atoms with E-state index in [1.165, 1.54) is 0 Å². The van der Waals surface area contributed by atoms with E-state index in [1.807, 2.05) is 31.2 Å². The quantitative estimate of drug-likeness (QED) is 0.794. The average Bonchev–Trinajstić information content (AvgIpc) is 2.30. The highest BCUT2D eigenvalue weighted by atomic mass is 16.1. The average molecular weight is 234 g/mol. The molecule has 0 aliphatic rings. The summed E-state index contributed by atoms with van der Waals surface area (Å²) in [6, 6.07) is 8.19. The molecule has 3 nitrogen and oxygen atoms in total. The van der Waals surface area contributed by atoms with Gasteiger partial charge in [0.1, 0.15) is 0 Å². The zero-order valence-corrected chi connectivity index (χ0v) is 10.9. The summed E-state index contributed by atoms with van der Waals surface area (Å²) in [6.45, 7) is 6.61. The molecule has 2 N–H and O–H groups in total. The first-order valence-corrected chi connectivity index (χ1v) is 6.22. The topological polar surface area (TPSA) is 41.1 Å². The van der Waals surface area contributed by atoms with E-state index in [4.69, 9.17) is 0 Å². The Balaban J connectivity index is 2.37. The maximum absolute atomic E-state index is 11.7. The summed E-state index contributed by atoms with van der Waals surface area (Å²) in [7, 11) is 0. The molecule has 17 heavy (non-hydrogen) atoms. The number of carbonyl (C=O) groups is 1. The van der Waals surface area contributed by atoms with E-state index in [-0.39, 0.29) is 5.91 Å².